The number of anilines is 2. The highest BCUT2D eigenvalue weighted by Crippen LogP contribution is 2.31. The molecule has 1 aromatic carbocycles. The molecule has 1 aliphatic heterocycles. The van der Waals surface area contributed by atoms with Gasteiger partial charge in [-0.15, -0.1) is 11.3 Å². The van der Waals surface area contributed by atoms with Crippen LogP contribution in [0.5, 0.6) is 0 Å². The summed E-state index contributed by atoms with van der Waals surface area (Å²) in [6.07, 6.45) is 0.576. The van der Waals surface area contributed by atoms with Gasteiger partial charge >= 0.3 is 0 Å². The fraction of sp³-hybridized carbons (Fsp3) is 0.333. The average molecular weight is 387 g/mol. The summed E-state index contributed by atoms with van der Waals surface area (Å²) in [5.74, 6) is 0.122. The standard InChI is InChI=1S/C15H18N2O4S3/c1-11-4-6-13(10-14(11)17-8-3-9-23(17,18)19)16-24(20,21)15-7-5-12(2)22-15/h4-7,10,16H,3,8-9H2,1-2H3. The lowest BCUT2D eigenvalue weighted by Gasteiger charge is -2.20. The zero-order valence-corrected chi connectivity index (χ0v) is 15.8. The molecule has 0 atom stereocenters. The van der Waals surface area contributed by atoms with E-state index in [9.17, 15) is 16.8 Å². The van der Waals surface area contributed by atoms with E-state index in [1.54, 1.807) is 30.3 Å². The Kier molecular flexibility index (Phi) is 4.35. The van der Waals surface area contributed by atoms with E-state index >= 15 is 0 Å². The van der Waals surface area contributed by atoms with Crippen molar-refractivity contribution in [2.75, 3.05) is 21.3 Å². The third kappa shape index (κ3) is 3.28. The van der Waals surface area contributed by atoms with Crippen LogP contribution >= 0.6 is 11.3 Å². The molecule has 1 saturated heterocycles. The Bertz CT molecular complexity index is 978. The molecule has 2 aromatic rings. The molecule has 0 unspecified atom stereocenters. The van der Waals surface area contributed by atoms with Gasteiger partial charge in [-0.05, 0) is 50.1 Å². The average Bonchev–Trinajstić information content (AvgIpc) is 3.07. The molecule has 0 saturated carbocycles. The molecule has 0 bridgehead atoms. The lowest BCUT2D eigenvalue weighted by Crippen LogP contribution is -2.26. The van der Waals surface area contributed by atoms with Gasteiger partial charge in [0, 0.05) is 11.4 Å². The zero-order valence-electron chi connectivity index (χ0n) is 13.3. The van der Waals surface area contributed by atoms with E-state index in [2.05, 4.69) is 4.72 Å². The van der Waals surface area contributed by atoms with Gasteiger partial charge in [-0.25, -0.2) is 16.8 Å². The van der Waals surface area contributed by atoms with Crippen LogP contribution < -0.4 is 9.03 Å². The van der Waals surface area contributed by atoms with Crippen molar-refractivity contribution >= 4 is 42.8 Å². The molecule has 1 fully saturated rings. The molecule has 6 nitrogen and oxygen atoms in total. The highest BCUT2D eigenvalue weighted by Gasteiger charge is 2.29. The second kappa shape index (κ2) is 6.05. The van der Waals surface area contributed by atoms with Gasteiger partial charge in [0.2, 0.25) is 10.0 Å². The molecule has 0 radical (unpaired) electrons. The SMILES string of the molecule is Cc1ccc(S(=O)(=O)Nc2ccc(C)c(N3CCCS3(=O)=O)c2)s1. The first-order valence-corrected chi connectivity index (χ1v) is 11.3. The minimum absolute atomic E-state index is 0.122. The second-order valence-corrected chi connectivity index (χ2v) is 10.9. The molecule has 9 heteroatoms. The number of nitrogens with one attached hydrogen (secondary N) is 1. The van der Waals surface area contributed by atoms with E-state index in [1.807, 2.05) is 13.8 Å². The number of thiophene rings is 1. The number of rotatable bonds is 4. The minimum Gasteiger partial charge on any atom is -0.279 e. The van der Waals surface area contributed by atoms with E-state index < -0.39 is 20.0 Å². The Morgan fingerprint density at radius 3 is 2.50 bits per heavy atom. The summed E-state index contributed by atoms with van der Waals surface area (Å²) in [6, 6.07) is 8.25. The number of sulfonamides is 2. The van der Waals surface area contributed by atoms with Gasteiger partial charge in [0.25, 0.3) is 10.0 Å². The molecular weight excluding hydrogens is 368 g/mol. The highest BCUT2D eigenvalue weighted by atomic mass is 32.2. The van der Waals surface area contributed by atoms with Crippen molar-refractivity contribution < 1.29 is 16.8 Å². The summed E-state index contributed by atoms with van der Waals surface area (Å²) >= 11 is 1.19. The summed E-state index contributed by atoms with van der Waals surface area (Å²) in [6.45, 7) is 4.07. The molecule has 24 heavy (non-hydrogen) atoms. The number of aryl methyl sites for hydroxylation is 2. The van der Waals surface area contributed by atoms with Crippen molar-refractivity contribution in [3.05, 3.63) is 40.8 Å². The molecule has 0 amide bonds. The van der Waals surface area contributed by atoms with Gasteiger partial charge in [0.05, 0.1) is 17.1 Å². The first-order chi connectivity index (χ1) is 11.2. The van der Waals surface area contributed by atoms with E-state index in [0.717, 1.165) is 10.4 Å². The van der Waals surface area contributed by atoms with Crippen LogP contribution in [0, 0.1) is 13.8 Å². The van der Waals surface area contributed by atoms with E-state index in [0.29, 0.717) is 24.3 Å². The molecule has 0 spiro atoms. The third-order valence-electron chi connectivity index (χ3n) is 3.81. The maximum Gasteiger partial charge on any atom is 0.271 e. The van der Waals surface area contributed by atoms with Gasteiger partial charge in [-0.2, -0.15) is 0 Å². The Balaban J connectivity index is 1.95. The molecule has 2 heterocycles. The smallest absolute Gasteiger partial charge is 0.271 e. The predicted molar refractivity (Wildman–Crippen MR) is 96.8 cm³/mol. The van der Waals surface area contributed by atoms with Crippen molar-refractivity contribution in [1.29, 1.82) is 0 Å². The summed E-state index contributed by atoms with van der Waals surface area (Å²) in [7, 11) is -6.99. The van der Waals surface area contributed by atoms with Crippen LogP contribution in [0.2, 0.25) is 0 Å². The lowest BCUT2D eigenvalue weighted by atomic mass is 10.2. The Morgan fingerprint density at radius 2 is 1.92 bits per heavy atom. The molecule has 0 aliphatic carbocycles. The zero-order chi connectivity index (χ0) is 17.5. The second-order valence-electron chi connectivity index (χ2n) is 5.71. The largest absolute Gasteiger partial charge is 0.279 e. The van der Waals surface area contributed by atoms with Gasteiger partial charge in [-0.1, -0.05) is 6.07 Å². The van der Waals surface area contributed by atoms with Gasteiger partial charge in [0.15, 0.2) is 0 Å². The van der Waals surface area contributed by atoms with Crippen LogP contribution in [0.3, 0.4) is 0 Å². The fourth-order valence-electron chi connectivity index (χ4n) is 2.61. The molecule has 1 aromatic heterocycles. The Morgan fingerprint density at radius 1 is 1.17 bits per heavy atom. The number of hydrogen-bond donors (Lipinski definition) is 1. The molecule has 1 N–H and O–H groups in total. The van der Waals surface area contributed by atoms with Crippen LogP contribution in [0.15, 0.2) is 34.5 Å². The fourth-order valence-corrected chi connectivity index (χ4v) is 6.56. The highest BCUT2D eigenvalue weighted by molar-refractivity contribution is 7.94. The van der Waals surface area contributed by atoms with Crippen molar-refractivity contribution in [3.63, 3.8) is 0 Å². The molecule has 130 valence electrons. The lowest BCUT2D eigenvalue weighted by molar-refractivity contribution is 0.599. The predicted octanol–water partition coefficient (Wildman–Crippen LogP) is 2.71. The Labute approximate surface area is 146 Å². The third-order valence-corrected chi connectivity index (χ3v) is 8.54. The Hall–Kier alpha value is -1.58. The van der Waals surface area contributed by atoms with E-state index in [1.165, 1.54) is 15.6 Å². The summed E-state index contributed by atoms with van der Waals surface area (Å²) in [5.41, 5.74) is 1.66. The first kappa shape index (κ1) is 17.2. The number of hydrogen-bond acceptors (Lipinski definition) is 5. The quantitative estimate of drug-likeness (QED) is 0.876. The summed E-state index contributed by atoms with van der Waals surface area (Å²) in [4.78, 5) is 0.906. The maximum absolute atomic E-state index is 12.4. The van der Waals surface area contributed by atoms with Crippen LogP contribution in [-0.4, -0.2) is 29.1 Å². The van der Waals surface area contributed by atoms with Crippen molar-refractivity contribution in [3.8, 4) is 0 Å². The summed E-state index contributed by atoms with van der Waals surface area (Å²) < 4.78 is 53.2. The molecular formula is C15H18N2O4S3. The summed E-state index contributed by atoms with van der Waals surface area (Å²) in [5, 5.41) is 0. The number of nitrogens with zero attached hydrogens (tertiary/aromatic N) is 1. The molecule has 3 rings (SSSR count). The van der Waals surface area contributed by atoms with Crippen molar-refractivity contribution in [2.45, 2.75) is 24.5 Å². The van der Waals surface area contributed by atoms with Crippen LogP contribution in [0.1, 0.15) is 16.9 Å². The van der Waals surface area contributed by atoms with Gasteiger partial charge in [-0.3, -0.25) is 9.03 Å². The maximum atomic E-state index is 12.4. The van der Waals surface area contributed by atoms with E-state index in [-0.39, 0.29) is 9.96 Å². The normalized spacial score (nSPS) is 17.2. The number of benzene rings is 1. The first-order valence-electron chi connectivity index (χ1n) is 7.39. The topological polar surface area (TPSA) is 83.6 Å². The van der Waals surface area contributed by atoms with Gasteiger partial charge in [0.1, 0.15) is 4.21 Å². The monoisotopic (exact) mass is 386 g/mol. The van der Waals surface area contributed by atoms with Crippen LogP contribution in [0.25, 0.3) is 0 Å². The van der Waals surface area contributed by atoms with Crippen molar-refractivity contribution in [2.24, 2.45) is 0 Å². The minimum atomic E-state index is -3.67. The van der Waals surface area contributed by atoms with E-state index in [4.69, 9.17) is 0 Å². The molecule has 1 aliphatic rings. The van der Waals surface area contributed by atoms with Crippen molar-refractivity contribution in [1.82, 2.24) is 0 Å². The van der Waals surface area contributed by atoms with Crippen LogP contribution in [-0.2, 0) is 20.0 Å². The van der Waals surface area contributed by atoms with Crippen LogP contribution in [0.4, 0.5) is 11.4 Å². The van der Waals surface area contributed by atoms with Gasteiger partial charge < -0.3 is 0 Å².